The molecule has 2 heterocycles. The van der Waals surface area contributed by atoms with E-state index in [1.807, 2.05) is 22.9 Å². The summed E-state index contributed by atoms with van der Waals surface area (Å²) in [6.45, 7) is 1.63. The summed E-state index contributed by atoms with van der Waals surface area (Å²) in [6, 6.07) is 8.99. The molecular formula is C18H21N3O4. The number of benzene rings is 1. The van der Waals surface area contributed by atoms with Crippen molar-refractivity contribution in [3.05, 3.63) is 52.8 Å². The molecule has 0 atom stereocenters. The highest BCUT2D eigenvalue weighted by molar-refractivity contribution is 5.95. The standard InChI is InChI=1S/C18H21N3O4/c22-12-14-10-15-11-20(8-3-9-21(15)19-14)18(25)16-5-2-1-4-13(16)6-7-17(23)24/h1-2,4-5,10,22H,3,6-9,11-12H2,(H,23,24). The van der Waals surface area contributed by atoms with Crippen LogP contribution < -0.4 is 0 Å². The second kappa shape index (κ2) is 7.48. The number of fused-ring (bicyclic) bond motifs is 1. The zero-order valence-electron chi connectivity index (χ0n) is 13.9. The van der Waals surface area contributed by atoms with Crippen LogP contribution in [0, 0.1) is 0 Å². The van der Waals surface area contributed by atoms with Crippen LogP contribution in [0.15, 0.2) is 30.3 Å². The van der Waals surface area contributed by atoms with Crippen molar-refractivity contribution >= 4 is 11.9 Å². The molecule has 25 heavy (non-hydrogen) atoms. The molecule has 1 amide bonds. The van der Waals surface area contributed by atoms with E-state index < -0.39 is 5.97 Å². The van der Waals surface area contributed by atoms with Crippen molar-refractivity contribution in [3.8, 4) is 0 Å². The Kier molecular flexibility index (Phi) is 5.14. The number of hydrogen-bond donors (Lipinski definition) is 2. The van der Waals surface area contributed by atoms with Gasteiger partial charge in [0.05, 0.1) is 24.5 Å². The highest BCUT2D eigenvalue weighted by atomic mass is 16.4. The van der Waals surface area contributed by atoms with Gasteiger partial charge in [-0.1, -0.05) is 18.2 Å². The summed E-state index contributed by atoms with van der Waals surface area (Å²) in [5.41, 5.74) is 2.81. The molecule has 0 saturated carbocycles. The Morgan fingerprint density at radius 2 is 2.00 bits per heavy atom. The number of aliphatic carboxylic acids is 1. The Balaban J connectivity index is 1.82. The number of hydrogen-bond acceptors (Lipinski definition) is 4. The van der Waals surface area contributed by atoms with Gasteiger partial charge in [0, 0.05) is 25.1 Å². The first-order valence-corrected chi connectivity index (χ1v) is 8.34. The fourth-order valence-corrected chi connectivity index (χ4v) is 3.13. The summed E-state index contributed by atoms with van der Waals surface area (Å²) < 4.78 is 1.84. The van der Waals surface area contributed by atoms with Crippen molar-refractivity contribution in [1.29, 1.82) is 0 Å². The summed E-state index contributed by atoms with van der Waals surface area (Å²) in [7, 11) is 0. The van der Waals surface area contributed by atoms with E-state index in [2.05, 4.69) is 5.10 Å². The second-order valence-electron chi connectivity index (χ2n) is 6.14. The smallest absolute Gasteiger partial charge is 0.303 e. The molecule has 7 heteroatoms. The van der Waals surface area contributed by atoms with Crippen molar-refractivity contribution in [2.75, 3.05) is 6.54 Å². The van der Waals surface area contributed by atoms with E-state index in [0.717, 1.165) is 17.7 Å². The van der Waals surface area contributed by atoms with Gasteiger partial charge in [-0.2, -0.15) is 5.10 Å². The number of rotatable bonds is 5. The molecule has 1 aromatic heterocycles. The van der Waals surface area contributed by atoms with E-state index in [4.69, 9.17) is 5.11 Å². The van der Waals surface area contributed by atoms with Gasteiger partial charge in [-0.15, -0.1) is 0 Å². The normalized spacial score (nSPS) is 14.0. The van der Waals surface area contributed by atoms with Gasteiger partial charge in [-0.25, -0.2) is 0 Å². The molecule has 3 rings (SSSR count). The van der Waals surface area contributed by atoms with Crippen molar-refractivity contribution in [2.45, 2.75) is 39.0 Å². The molecule has 0 aliphatic carbocycles. The number of carboxylic acid groups (broad SMARTS) is 1. The Labute approximate surface area is 145 Å². The van der Waals surface area contributed by atoms with Gasteiger partial charge >= 0.3 is 5.97 Å². The largest absolute Gasteiger partial charge is 0.481 e. The highest BCUT2D eigenvalue weighted by Crippen LogP contribution is 2.19. The van der Waals surface area contributed by atoms with Crippen LogP contribution in [0.4, 0.5) is 0 Å². The predicted octanol–water partition coefficient (Wildman–Crippen LogP) is 1.44. The molecule has 1 aliphatic heterocycles. The minimum atomic E-state index is -0.877. The molecule has 0 fully saturated rings. The third-order valence-corrected chi connectivity index (χ3v) is 4.37. The predicted molar refractivity (Wildman–Crippen MR) is 89.9 cm³/mol. The first kappa shape index (κ1) is 17.2. The second-order valence-corrected chi connectivity index (χ2v) is 6.14. The van der Waals surface area contributed by atoms with E-state index in [-0.39, 0.29) is 18.9 Å². The number of carboxylic acids is 1. The van der Waals surface area contributed by atoms with Crippen LogP contribution in [-0.2, 0) is 30.9 Å². The van der Waals surface area contributed by atoms with E-state index >= 15 is 0 Å². The first-order chi connectivity index (χ1) is 12.1. The minimum Gasteiger partial charge on any atom is -0.481 e. The van der Waals surface area contributed by atoms with E-state index in [0.29, 0.717) is 37.3 Å². The van der Waals surface area contributed by atoms with Crippen molar-refractivity contribution in [2.24, 2.45) is 0 Å². The number of aromatic nitrogens is 2. The molecule has 1 aliphatic rings. The lowest BCUT2D eigenvalue weighted by Gasteiger charge is -2.21. The van der Waals surface area contributed by atoms with Crippen LogP contribution in [-0.4, -0.2) is 43.3 Å². The summed E-state index contributed by atoms with van der Waals surface area (Å²) in [6.07, 6.45) is 1.11. The number of carbonyl (C=O) groups is 2. The fourth-order valence-electron chi connectivity index (χ4n) is 3.13. The van der Waals surface area contributed by atoms with Gasteiger partial charge in [0.15, 0.2) is 0 Å². The van der Waals surface area contributed by atoms with Crippen LogP contribution >= 0.6 is 0 Å². The lowest BCUT2D eigenvalue weighted by Crippen LogP contribution is -2.31. The zero-order chi connectivity index (χ0) is 17.8. The quantitative estimate of drug-likeness (QED) is 0.856. The van der Waals surface area contributed by atoms with E-state index in [1.165, 1.54) is 0 Å². The molecule has 0 unspecified atom stereocenters. The van der Waals surface area contributed by atoms with Gasteiger partial charge in [-0.3, -0.25) is 14.3 Å². The van der Waals surface area contributed by atoms with Crippen LogP contribution in [0.2, 0.25) is 0 Å². The number of amides is 1. The lowest BCUT2D eigenvalue weighted by molar-refractivity contribution is -0.136. The maximum absolute atomic E-state index is 13.0. The number of aliphatic hydroxyl groups excluding tert-OH is 1. The van der Waals surface area contributed by atoms with Crippen molar-refractivity contribution in [1.82, 2.24) is 14.7 Å². The fraction of sp³-hybridized carbons (Fsp3) is 0.389. The monoisotopic (exact) mass is 343 g/mol. The molecule has 0 saturated heterocycles. The molecule has 1 aromatic carbocycles. The van der Waals surface area contributed by atoms with Gasteiger partial charge in [0.25, 0.3) is 5.91 Å². The third kappa shape index (κ3) is 3.88. The lowest BCUT2D eigenvalue weighted by atomic mass is 10.0. The molecule has 7 nitrogen and oxygen atoms in total. The first-order valence-electron chi connectivity index (χ1n) is 8.34. The number of carbonyl (C=O) groups excluding carboxylic acids is 1. The van der Waals surface area contributed by atoms with Gasteiger partial charge < -0.3 is 15.1 Å². The molecule has 0 bridgehead atoms. The molecule has 0 spiro atoms. The third-order valence-electron chi connectivity index (χ3n) is 4.37. The number of nitrogens with zero attached hydrogens (tertiary/aromatic N) is 3. The van der Waals surface area contributed by atoms with Gasteiger partial charge in [-0.05, 0) is 30.5 Å². The maximum atomic E-state index is 13.0. The summed E-state index contributed by atoms with van der Waals surface area (Å²) in [4.78, 5) is 25.6. The molecule has 2 N–H and O–H groups in total. The summed E-state index contributed by atoms with van der Waals surface area (Å²) in [5, 5.41) is 22.5. The van der Waals surface area contributed by atoms with Crippen LogP contribution in [0.1, 0.15) is 40.2 Å². The molecular weight excluding hydrogens is 322 g/mol. The zero-order valence-corrected chi connectivity index (χ0v) is 13.9. The SMILES string of the molecule is O=C(O)CCc1ccccc1C(=O)N1CCCn2nc(CO)cc2C1. The van der Waals surface area contributed by atoms with Gasteiger partial charge in [0.1, 0.15) is 0 Å². The number of aryl methyl sites for hydroxylation is 2. The average Bonchev–Trinajstić information content (AvgIpc) is 2.90. The molecule has 2 aromatic rings. The average molecular weight is 343 g/mol. The van der Waals surface area contributed by atoms with Gasteiger partial charge in [0.2, 0.25) is 0 Å². The minimum absolute atomic E-state index is 0.00305. The van der Waals surface area contributed by atoms with Crippen molar-refractivity contribution < 1.29 is 19.8 Å². The Bertz CT molecular complexity index is 784. The van der Waals surface area contributed by atoms with Crippen molar-refractivity contribution in [3.63, 3.8) is 0 Å². The Hall–Kier alpha value is -2.67. The van der Waals surface area contributed by atoms with E-state index in [1.54, 1.807) is 17.0 Å². The number of aliphatic hydroxyl groups is 1. The Morgan fingerprint density at radius 3 is 2.76 bits per heavy atom. The van der Waals surface area contributed by atoms with Crippen LogP contribution in [0.5, 0.6) is 0 Å². The maximum Gasteiger partial charge on any atom is 0.303 e. The van der Waals surface area contributed by atoms with E-state index in [9.17, 15) is 14.7 Å². The molecule has 132 valence electrons. The summed E-state index contributed by atoms with van der Waals surface area (Å²) in [5.74, 6) is -0.973. The topological polar surface area (TPSA) is 95.7 Å². The van der Waals surface area contributed by atoms with Crippen LogP contribution in [0.3, 0.4) is 0 Å². The highest BCUT2D eigenvalue weighted by Gasteiger charge is 2.23. The Morgan fingerprint density at radius 1 is 1.20 bits per heavy atom. The summed E-state index contributed by atoms with van der Waals surface area (Å²) >= 11 is 0. The molecule has 0 radical (unpaired) electrons. The van der Waals surface area contributed by atoms with Crippen LogP contribution in [0.25, 0.3) is 0 Å².